The summed E-state index contributed by atoms with van der Waals surface area (Å²) in [6.45, 7) is 6.93. The van der Waals surface area contributed by atoms with Gasteiger partial charge in [0.25, 0.3) is 5.91 Å². The average molecular weight is 506 g/mol. The first-order valence-corrected chi connectivity index (χ1v) is 13.7. The van der Waals surface area contributed by atoms with Crippen molar-refractivity contribution in [2.24, 2.45) is 0 Å². The van der Waals surface area contributed by atoms with Gasteiger partial charge in [-0.1, -0.05) is 43.7 Å². The van der Waals surface area contributed by atoms with E-state index >= 15 is 0 Å². The van der Waals surface area contributed by atoms with Crippen LogP contribution in [0.2, 0.25) is 0 Å². The molecular formula is C29H35N3O3S. The molecule has 7 heteroatoms. The Hall–Kier alpha value is -3.16. The second kappa shape index (κ2) is 12.2. The van der Waals surface area contributed by atoms with Crippen molar-refractivity contribution in [1.82, 2.24) is 4.31 Å². The summed E-state index contributed by atoms with van der Waals surface area (Å²) in [5.41, 5.74) is 4.51. The van der Waals surface area contributed by atoms with E-state index in [1.54, 1.807) is 19.2 Å². The molecule has 1 N–H and O–H groups in total. The minimum absolute atomic E-state index is 0.199. The maximum atomic E-state index is 13.5. The summed E-state index contributed by atoms with van der Waals surface area (Å²) < 4.78 is 21.0. The van der Waals surface area contributed by atoms with E-state index in [2.05, 4.69) is 35.3 Å². The SMILES string of the molecule is CCCCc1ccc(NC(=O)c2ccc(C)c(S(=O)N3CCN(c4ccccc4OC)CC3)c2)cc1. The minimum Gasteiger partial charge on any atom is -0.495 e. The molecule has 190 valence electrons. The summed E-state index contributed by atoms with van der Waals surface area (Å²) in [7, 11) is 0.335. The molecule has 1 heterocycles. The van der Waals surface area contributed by atoms with Crippen molar-refractivity contribution in [3.63, 3.8) is 0 Å². The summed E-state index contributed by atoms with van der Waals surface area (Å²) in [6, 6.07) is 21.4. The first-order chi connectivity index (χ1) is 17.5. The van der Waals surface area contributed by atoms with Crippen molar-refractivity contribution < 1.29 is 13.7 Å². The molecule has 3 aromatic carbocycles. The lowest BCUT2D eigenvalue weighted by atomic mass is 10.1. The van der Waals surface area contributed by atoms with Crippen molar-refractivity contribution >= 4 is 28.3 Å². The monoisotopic (exact) mass is 505 g/mol. The van der Waals surface area contributed by atoms with Gasteiger partial charge in [-0.15, -0.1) is 0 Å². The Bertz CT molecular complexity index is 1200. The van der Waals surface area contributed by atoms with Crippen LogP contribution in [-0.2, 0) is 17.4 Å². The van der Waals surface area contributed by atoms with Crippen LogP contribution in [0.3, 0.4) is 0 Å². The third kappa shape index (κ3) is 6.15. The van der Waals surface area contributed by atoms with E-state index in [0.717, 1.165) is 55.0 Å². The highest BCUT2D eigenvalue weighted by molar-refractivity contribution is 7.82. The first-order valence-electron chi connectivity index (χ1n) is 12.6. The standard InChI is InChI=1S/C29H35N3O3S/c1-4-5-8-23-12-15-25(16-13-23)30-29(33)24-14-11-22(2)28(21-24)36(34)32-19-17-31(18-20-32)26-9-6-7-10-27(26)35-3/h6-7,9-16,21H,4-5,8,17-20H2,1-3H3,(H,30,33). The molecule has 1 aliphatic heterocycles. The van der Waals surface area contributed by atoms with Crippen LogP contribution in [0.5, 0.6) is 5.75 Å². The number of benzene rings is 3. The van der Waals surface area contributed by atoms with Crippen LogP contribution >= 0.6 is 0 Å². The van der Waals surface area contributed by atoms with E-state index in [1.807, 2.05) is 47.6 Å². The Balaban J connectivity index is 1.41. The lowest BCUT2D eigenvalue weighted by Crippen LogP contribution is -2.47. The number of nitrogens with zero attached hydrogens (tertiary/aromatic N) is 2. The highest BCUT2D eigenvalue weighted by atomic mass is 32.2. The molecule has 1 fully saturated rings. The Kier molecular flexibility index (Phi) is 8.78. The normalized spacial score (nSPS) is 14.9. The number of methoxy groups -OCH3 is 1. The number of hydrogen-bond donors (Lipinski definition) is 1. The number of para-hydroxylation sites is 2. The number of nitrogens with one attached hydrogen (secondary N) is 1. The van der Waals surface area contributed by atoms with Crippen LogP contribution in [0.25, 0.3) is 0 Å². The molecule has 36 heavy (non-hydrogen) atoms. The molecule has 1 saturated heterocycles. The fourth-order valence-corrected chi connectivity index (χ4v) is 5.74. The summed E-state index contributed by atoms with van der Waals surface area (Å²) in [5.74, 6) is 0.646. The zero-order chi connectivity index (χ0) is 25.5. The molecule has 0 bridgehead atoms. The molecule has 6 nitrogen and oxygen atoms in total. The minimum atomic E-state index is -1.34. The summed E-state index contributed by atoms with van der Waals surface area (Å²) in [5, 5.41) is 2.97. The predicted molar refractivity (Wildman–Crippen MR) is 147 cm³/mol. The van der Waals surface area contributed by atoms with Gasteiger partial charge >= 0.3 is 0 Å². The van der Waals surface area contributed by atoms with Gasteiger partial charge in [-0.3, -0.25) is 4.79 Å². The van der Waals surface area contributed by atoms with Gasteiger partial charge in [0.2, 0.25) is 0 Å². The largest absolute Gasteiger partial charge is 0.495 e. The zero-order valence-corrected chi connectivity index (χ0v) is 22.1. The molecule has 0 aliphatic carbocycles. The zero-order valence-electron chi connectivity index (χ0n) is 21.3. The van der Waals surface area contributed by atoms with Gasteiger partial charge in [0, 0.05) is 37.4 Å². The van der Waals surface area contributed by atoms with Crippen molar-refractivity contribution in [1.29, 1.82) is 0 Å². The van der Waals surface area contributed by atoms with Crippen LogP contribution in [0.15, 0.2) is 71.6 Å². The maximum absolute atomic E-state index is 13.5. The van der Waals surface area contributed by atoms with Gasteiger partial charge in [0.15, 0.2) is 0 Å². The maximum Gasteiger partial charge on any atom is 0.255 e. The number of carbonyl (C=O) groups excluding carboxylic acids is 1. The number of amides is 1. The first kappa shape index (κ1) is 25.9. The topological polar surface area (TPSA) is 61.9 Å². The number of aryl methyl sites for hydroxylation is 2. The third-order valence-corrected chi connectivity index (χ3v) is 8.22. The number of hydrogen-bond acceptors (Lipinski definition) is 4. The molecule has 4 rings (SSSR count). The number of ether oxygens (including phenoxy) is 1. The predicted octanol–water partition coefficient (Wildman–Crippen LogP) is 5.44. The van der Waals surface area contributed by atoms with Gasteiger partial charge in [-0.2, -0.15) is 0 Å². The molecule has 1 atom stereocenters. The smallest absolute Gasteiger partial charge is 0.255 e. The van der Waals surface area contributed by atoms with Crippen molar-refractivity contribution in [2.75, 3.05) is 43.5 Å². The Morgan fingerprint density at radius 2 is 1.72 bits per heavy atom. The van der Waals surface area contributed by atoms with E-state index in [1.165, 1.54) is 5.56 Å². The van der Waals surface area contributed by atoms with Crippen LogP contribution in [0.4, 0.5) is 11.4 Å². The summed E-state index contributed by atoms with van der Waals surface area (Å²) in [6.07, 6.45) is 3.36. The van der Waals surface area contributed by atoms with E-state index in [-0.39, 0.29) is 5.91 Å². The number of unbranched alkanes of at least 4 members (excludes halogenated alkanes) is 1. The van der Waals surface area contributed by atoms with Crippen LogP contribution < -0.4 is 15.0 Å². The van der Waals surface area contributed by atoms with E-state index < -0.39 is 11.0 Å². The Morgan fingerprint density at radius 3 is 2.42 bits per heavy atom. The summed E-state index contributed by atoms with van der Waals surface area (Å²) >= 11 is 0. The Labute approximate surface area is 216 Å². The van der Waals surface area contributed by atoms with Gasteiger partial charge in [-0.05, 0) is 67.3 Å². The van der Waals surface area contributed by atoms with Crippen LogP contribution in [0, 0.1) is 6.92 Å². The van der Waals surface area contributed by atoms with E-state index in [9.17, 15) is 9.00 Å². The van der Waals surface area contributed by atoms with Crippen molar-refractivity contribution in [3.8, 4) is 5.75 Å². The fraction of sp³-hybridized carbons (Fsp3) is 0.345. The van der Waals surface area contributed by atoms with Gasteiger partial charge in [-0.25, -0.2) is 8.51 Å². The number of rotatable bonds is 9. The molecule has 3 aromatic rings. The van der Waals surface area contributed by atoms with Crippen molar-refractivity contribution in [2.45, 2.75) is 38.0 Å². The Morgan fingerprint density at radius 1 is 1.00 bits per heavy atom. The lowest BCUT2D eigenvalue weighted by Gasteiger charge is -2.35. The molecule has 0 spiro atoms. The van der Waals surface area contributed by atoms with E-state index in [4.69, 9.17) is 4.74 Å². The quantitative estimate of drug-likeness (QED) is 0.421. The van der Waals surface area contributed by atoms with Gasteiger partial charge in [0.1, 0.15) is 16.7 Å². The molecule has 0 radical (unpaired) electrons. The van der Waals surface area contributed by atoms with E-state index in [0.29, 0.717) is 23.5 Å². The van der Waals surface area contributed by atoms with Crippen LogP contribution in [-0.4, -0.2) is 47.7 Å². The lowest BCUT2D eigenvalue weighted by molar-refractivity contribution is 0.102. The van der Waals surface area contributed by atoms with Gasteiger partial charge in [0.05, 0.1) is 17.7 Å². The highest BCUT2D eigenvalue weighted by Gasteiger charge is 2.25. The summed E-state index contributed by atoms with van der Waals surface area (Å²) in [4.78, 5) is 15.9. The average Bonchev–Trinajstić information content (AvgIpc) is 2.92. The second-order valence-corrected chi connectivity index (χ2v) is 10.5. The molecular weight excluding hydrogens is 470 g/mol. The fourth-order valence-electron chi connectivity index (χ4n) is 4.39. The van der Waals surface area contributed by atoms with Gasteiger partial charge < -0.3 is 15.0 Å². The molecule has 1 amide bonds. The number of piperazine rings is 1. The van der Waals surface area contributed by atoms with Crippen LogP contribution in [0.1, 0.15) is 41.3 Å². The second-order valence-electron chi connectivity index (χ2n) is 9.07. The molecule has 1 aliphatic rings. The third-order valence-electron chi connectivity index (χ3n) is 6.57. The molecule has 0 aromatic heterocycles. The number of carbonyl (C=O) groups is 1. The molecule has 0 saturated carbocycles. The highest BCUT2D eigenvalue weighted by Crippen LogP contribution is 2.29. The molecule has 1 unspecified atom stereocenters. The number of anilines is 2. The van der Waals surface area contributed by atoms with Crippen molar-refractivity contribution in [3.05, 3.63) is 83.4 Å².